The topological polar surface area (TPSA) is 75.4 Å². The average molecular weight is 331 g/mol. The zero-order valence-electron chi connectivity index (χ0n) is 12.9. The fraction of sp³-hybridized carbons (Fsp3) is 0.312. The van der Waals surface area contributed by atoms with Gasteiger partial charge in [-0.25, -0.2) is 0 Å². The number of para-hydroxylation sites is 1. The second-order valence-corrected chi connectivity index (χ2v) is 6.27. The van der Waals surface area contributed by atoms with Gasteiger partial charge in [-0.05, 0) is 25.3 Å². The van der Waals surface area contributed by atoms with E-state index in [2.05, 4.69) is 10.5 Å². The lowest BCUT2D eigenvalue weighted by atomic mass is 9.98. The van der Waals surface area contributed by atoms with Crippen LogP contribution in [0.15, 0.2) is 39.8 Å². The summed E-state index contributed by atoms with van der Waals surface area (Å²) in [6.07, 6.45) is 1.97. The van der Waals surface area contributed by atoms with Gasteiger partial charge in [0.05, 0.1) is 11.6 Å². The van der Waals surface area contributed by atoms with Crippen LogP contribution in [0.3, 0.4) is 0 Å². The molecule has 120 valence electrons. The second kappa shape index (κ2) is 6.45. The molecule has 0 radical (unpaired) electrons. The van der Waals surface area contributed by atoms with Gasteiger partial charge in [0.1, 0.15) is 5.76 Å². The lowest BCUT2D eigenvalue weighted by Crippen LogP contribution is -2.54. The van der Waals surface area contributed by atoms with Crippen molar-refractivity contribution < 1.29 is 14.1 Å². The van der Waals surface area contributed by atoms with Crippen LogP contribution >= 0.6 is 11.8 Å². The minimum atomic E-state index is -0.199. The van der Waals surface area contributed by atoms with Crippen LogP contribution < -0.4 is 5.32 Å². The number of aromatic nitrogens is 1. The number of amides is 2. The van der Waals surface area contributed by atoms with E-state index in [1.807, 2.05) is 30.5 Å². The van der Waals surface area contributed by atoms with E-state index in [9.17, 15) is 9.59 Å². The predicted molar refractivity (Wildman–Crippen MR) is 87.5 cm³/mol. The molecule has 0 saturated carbocycles. The molecule has 3 rings (SSSR count). The minimum Gasteiger partial charge on any atom is -0.361 e. The monoisotopic (exact) mass is 331 g/mol. The number of carbonyl (C=O) groups is 2. The molecule has 1 N–H and O–H groups in total. The van der Waals surface area contributed by atoms with Crippen molar-refractivity contribution in [3.05, 3.63) is 41.8 Å². The third-order valence-electron chi connectivity index (χ3n) is 3.75. The lowest BCUT2D eigenvalue weighted by Gasteiger charge is -2.37. The quantitative estimate of drug-likeness (QED) is 0.871. The van der Waals surface area contributed by atoms with Gasteiger partial charge >= 0.3 is 0 Å². The molecule has 1 aliphatic heterocycles. The van der Waals surface area contributed by atoms with E-state index in [1.165, 1.54) is 0 Å². The van der Waals surface area contributed by atoms with E-state index in [4.69, 9.17) is 4.52 Å². The molecular formula is C16H17N3O3S. The van der Waals surface area contributed by atoms with Crippen LogP contribution in [0.5, 0.6) is 0 Å². The van der Waals surface area contributed by atoms with Gasteiger partial charge in [-0.1, -0.05) is 17.3 Å². The third-order valence-corrected chi connectivity index (χ3v) is 4.55. The van der Waals surface area contributed by atoms with Gasteiger partial charge in [0.15, 0.2) is 5.69 Å². The van der Waals surface area contributed by atoms with E-state index >= 15 is 0 Å². The number of benzene rings is 1. The summed E-state index contributed by atoms with van der Waals surface area (Å²) < 4.78 is 4.90. The van der Waals surface area contributed by atoms with E-state index in [0.29, 0.717) is 18.8 Å². The maximum absolute atomic E-state index is 12.3. The summed E-state index contributed by atoms with van der Waals surface area (Å²) in [6.45, 7) is 2.54. The number of nitrogens with zero attached hydrogens (tertiary/aromatic N) is 2. The van der Waals surface area contributed by atoms with Crippen LogP contribution in [0.4, 0.5) is 5.69 Å². The number of rotatable bonds is 4. The van der Waals surface area contributed by atoms with E-state index < -0.39 is 0 Å². The fourth-order valence-corrected chi connectivity index (χ4v) is 2.98. The average Bonchev–Trinajstić information content (AvgIpc) is 2.93. The molecule has 1 aromatic carbocycles. The van der Waals surface area contributed by atoms with Gasteiger partial charge in [0.25, 0.3) is 5.91 Å². The summed E-state index contributed by atoms with van der Waals surface area (Å²) in [5, 5.41) is 6.64. The lowest BCUT2D eigenvalue weighted by molar-refractivity contribution is -0.123. The Morgan fingerprint density at radius 1 is 1.35 bits per heavy atom. The standard InChI is InChI=1S/C16H17N3O3S/c1-10-7-13(18-22-10)16(21)19-8-11(9-19)15(20)17-12-5-3-4-6-14(12)23-2/h3-7,11H,8-9H2,1-2H3,(H,17,20). The number of likely N-dealkylation sites (tertiary alicyclic amines) is 1. The largest absolute Gasteiger partial charge is 0.361 e. The first-order chi connectivity index (χ1) is 11.1. The molecule has 1 aromatic heterocycles. The smallest absolute Gasteiger partial charge is 0.276 e. The van der Waals surface area contributed by atoms with Crippen molar-refractivity contribution in [2.75, 3.05) is 24.7 Å². The Kier molecular flexibility index (Phi) is 4.38. The number of hydrogen-bond acceptors (Lipinski definition) is 5. The minimum absolute atomic E-state index is 0.0631. The molecule has 7 heteroatoms. The third kappa shape index (κ3) is 3.24. The maximum atomic E-state index is 12.3. The Morgan fingerprint density at radius 3 is 2.74 bits per heavy atom. The van der Waals surface area contributed by atoms with Crippen molar-refractivity contribution in [3.63, 3.8) is 0 Å². The van der Waals surface area contributed by atoms with Crippen molar-refractivity contribution in [2.45, 2.75) is 11.8 Å². The molecule has 1 saturated heterocycles. The van der Waals surface area contributed by atoms with Gasteiger partial charge in [-0.3, -0.25) is 9.59 Å². The molecule has 23 heavy (non-hydrogen) atoms. The van der Waals surface area contributed by atoms with Gasteiger partial charge in [-0.2, -0.15) is 0 Å². The summed E-state index contributed by atoms with van der Waals surface area (Å²) in [5.41, 5.74) is 1.09. The summed E-state index contributed by atoms with van der Waals surface area (Å²) >= 11 is 1.58. The van der Waals surface area contributed by atoms with Gasteiger partial charge in [0, 0.05) is 24.1 Å². The molecular weight excluding hydrogens is 314 g/mol. The number of aryl methyl sites for hydroxylation is 1. The van der Waals surface area contributed by atoms with Crippen LogP contribution in [-0.2, 0) is 4.79 Å². The highest BCUT2D eigenvalue weighted by Gasteiger charge is 2.37. The summed E-state index contributed by atoms with van der Waals surface area (Å²) in [5.74, 6) is 0.140. The van der Waals surface area contributed by atoms with Gasteiger partial charge < -0.3 is 14.7 Å². The SMILES string of the molecule is CSc1ccccc1NC(=O)C1CN(C(=O)c2cc(C)on2)C1. The molecule has 6 nitrogen and oxygen atoms in total. The molecule has 0 spiro atoms. The van der Waals surface area contributed by atoms with Crippen molar-refractivity contribution >= 4 is 29.3 Å². The number of hydrogen-bond donors (Lipinski definition) is 1. The normalized spacial score (nSPS) is 14.4. The summed E-state index contributed by atoms with van der Waals surface area (Å²) in [4.78, 5) is 27.0. The van der Waals surface area contributed by atoms with Crippen LogP contribution in [-0.4, -0.2) is 41.2 Å². The van der Waals surface area contributed by atoms with Crippen molar-refractivity contribution in [2.24, 2.45) is 5.92 Å². The summed E-state index contributed by atoms with van der Waals surface area (Å²) in [6, 6.07) is 9.27. The molecule has 0 aliphatic carbocycles. The molecule has 2 aromatic rings. The first kappa shape index (κ1) is 15.6. The first-order valence-corrected chi connectivity index (χ1v) is 8.47. The van der Waals surface area contributed by atoms with Gasteiger partial charge in [-0.15, -0.1) is 11.8 Å². The highest BCUT2D eigenvalue weighted by Crippen LogP contribution is 2.26. The predicted octanol–water partition coefficient (Wildman–Crippen LogP) is 2.42. The number of thioether (sulfide) groups is 1. The Labute approximate surface area is 138 Å². The molecule has 1 aliphatic rings. The van der Waals surface area contributed by atoms with Crippen LogP contribution in [0, 0.1) is 12.8 Å². The van der Waals surface area contributed by atoms with Crippen LogP contribution in [0.1, 0.15) is 16.2 Å². The number of nitrogens with one attached hydrogen (secondary N) is 1. The number of anilines is 1. The number of carbonyl (C=O) groups excluding carboxylic acids is 2. The zero-order chi connectivity index (χ0) is 16.4. The van der Waals surface area contributed by atoms with Crippen molar-refractivity contribution in [3.8, 4) is 0 Å². The van der Waals surface area contributed by atoms with Crippen molar-refractivity contribution in [1.82, 2.24) is 10.1 Å². The highest BCUT2D eigenvalue weighted by atomic mass is 32.2. The van der Waals surface area contributed by atoms with Gasteiger partial charge in [0.2, 0.25) is 5.91 Å². The van der Waals surface area contributed by atoms with Crippen molar-refractivity contribution in [1.29, 1.82) is 0 Å². The van der Waals surface area contributed by atoms with E-state index in [-0.39, 0.29) is 23.4 Å². The molecule has 0 bridgehead atoms. The van der Waals surface area contributed by atoms with E-state index in [0.717, 1.165) is 10.6 Å². The van der Waals surface area contributed by atoms with Crippen LogP contribution in [0.25, 0.3) is 0 Å². The maximum Gasteiger partial charge on any atom is 0.276 e. The Balaban J connectivity index is 1.57. The fourth-order valence-electron chi connectivity index (χ4n) is 2.42. The van der Waals surface area contributed by atoms with Crippen LogP contribution in [0.2, 0.25) is 0 Å². The second-order valence-electron chi connectivity index (χ2n) is 5.42. The zero-order valence-corrected chi connectivity index (χ0v) is 13.7. The Bertz CT molecular complexity index is 738. The molecule has 1 fully saturated rings. The van der Waals surface area contributed by atoms with E-state index in [1.54, 1.807) is 29.7 Å². The highest BCUT2D eigenvalue weighted by molar-refractivity contribution is 7.98. The Morgan fingerprint density at radius 2 is 2.09 bits per heavy atom. The summed E-state index contributed by atoms with van der Waals surface area (Å²) in [7, 11) is 0. The Hall–Kier alpha value is -2.28. The molecule has 2 amide bonds. The molecule has 0 atom stereocenters. The molecule has 2 heterocycles. The first-order valence-electron chi connectivity index (χ1n) is 7.25. The molecule has 0 unspecified atom stereocenters.